The van der Waals surface area contributed by atoms with Crippen LogP contribution in [-0.4, -0.2) is 54.8 Å². The van der Waals surface area contributed by atoms with Gasteiger partial charge in [-0.15, -0.1) is 0 Å². The monoisotopic (exact) mass is 399 g/mol. The van der Waals surface area contributed by atoms with E-state index >= 15 is 0 Å². The number of piperidine rings is 1. The molecule has 154 valence electrons. The topological polar surface area (TPSA) is 61.9 Å². The van der Waals surface area contributed by atoms with E-state index < -0.39 is 11.9 Å². The molecule has 2 amide bonds. The SMILES string of the molecule is CN(C)CC(=O)N1CCCC[C@@H]1C(=O)Nc1ccc(Oc2ccccc2F)cc1. The molecule has 3 rings (SSSR count). The number of rotatable bonds is 6. The van der Waals surface area contributed by atoms with Crippen LogP contribution in [0.15, 0.2) is 48.5 Å². The molecule has 1 heterocycles. The van der Waals surface area contributed by atoms with Gasteiger partial charge in [-0.1, -0.05) is 12.1 Å². The van der Waals surface area contributed by atoms with Gasteiger partial charge < -0.3 is 19.9 Å². The van der Waals surface area contributed by atoms with Crippen LogP contribution in [0.25, 0.3) is 0 Å². The van der Waals surface area contributed by atoms with Gasteiger partial charge in [0.1, 0.15) is 11.8 Å². The van der Waals surface area contributed by atoms with E-state index in [0.717, 1.165) is 12.8 Å². The number of carbonyl (C=O) groups is 2. The summed E-state index contributed by atoms with van der Waals surface area (Å²) < 4.78 is 19.2. The number of para-hydroxylation sites is 1. The van der Waals surface area contributed by atoms with Crippen molar-refractivity contribution in [2.75, 3.05) is 32.5 Å². The van der Waals surface area contributed by atoms with Crippen LogP contribution in [0.4, 0.5) is 10.1 Å². The Bertz CT molecular complexity index is 855. The molecule has 0 unspecified atom stereocenters. The van der Waals surface area contributed by atoms with Gasteiger partial charge in [0, 0.05) is 12.2 Å². The number of nitrogens with one attached hydrogen (secondary N) is 1. The van der Waals surface area contributed by atoms with E-state index in [1.165, 1.54) is 6.07 Å². The minimum Gasteiger partial charge on any atom is -0.454 e. The van der Waals surface area contributed by atoms with Crippen molar-refractivity contribution in [3.63, 3.8) is 0 Å². The Hall–Kier alpha value is -2.93. The highest BCUT2D eigenvalue weighted by molar-refractivity contribution is 5.97. The van der Waals surface area contributed by atoms with Gasteiger partial charge in [-0.2, -0.15) is 0 Å². The Morgan fingerprint density at radius 2 is 1.86 bits per heavy atom. The number of likely N-dealkylation sites (N-methyl/N-ethyl adjacent to an activating group) is 1. The smallest absolute Gasteiger partial charge is 0.247 e. The van der Waals surface area contributed by atoms with E-state index in [1.54, 1.807) is 52.3 Å². The Labute approximate surface area is 170 Å². The number of carbonyl (C=O) groups excluding carboxylic acids is 2. The van der Waals surface area contributed by atoms with Crippen LogP contribution in [0.3, 0.4) is 0 Å². The number of benzene rings is 2. The molecule has 2 aromatic carbocycles. The zero-order valence-electron chi connectivity index (χ0n) is 16.7. The number of halogens is 1. The summed E-state index contributed by atoms with van der Waals surface area (Å²) in [7, 11) is 3.67. The van der Waals surface area contributed by atoms with Crippen LogP contribution >= 0.6 is 0 Å². The lowest BCUT2D eigenvalue weighted by molar-refractivity contribution is -0.140. The van der Waals surface area contributed by atoms with Gasteiger partial charge in [-0.3, -0.25) is 9.59 Å². The van der Waals surface area contributed by atoms with Crippen LogP contribution in [-0.2, 0) is 9.59 Å². The lowest BCUT2D eigenvalue weighted by Crippen LogP contribution is -2.52. The molecular formula is C22H26FN3O3. The molecular weight excluding hydrogens is 373 g/mol. The molecule has 0 aliphatic carbocycles. The number of amides is 2. The fourth-order valence-electron chi connectivity index (χ4n) is 3.35. The minimum atomic E-state index is -0.467. The molecule has 0 spiro atoms. The van der Waals surface area contributed by atoms with Crippen LogP contribution in [0.1, 0.15) is 19.3 Å². The van der Waals surface area contributed by atoms with Crippen molar-refractivity contribution in [2.24, 2.45) is 0 Å². The summed E-state index contributed by atoms with van der Waals surface area (Å²) in [5, 5.41) is 2.88. The highest BCUT2D eigenvalue weighted by atomic mass is 19.1. The van der Waals surface area contributed by atoms with E-state index in [2.05, 4.69) is 5.32 Å². The largest absolute Gasteiger partial charge is 0.454 e. The first-order valence-corrected chi connectivity index (χ1v) is 9.71. The molecule has 1 fully saturated rings. The first-order valence-electron chi connectivity index (χ1n) is 9.71. The second kappa shape index (κ2) is 9.52. The van der Waals surface area contributed by atoms with E-state index in [-0.39, 0.29) is 24.1 Å². The number of hydrogen-bond acceptors (Lipinski definition) is 4. The molecule has 0 aromatic heterocycles. The van der Waals surface area contributed by atoms with Gasteiger partial charge in [0.05, 0.1) is 6.54 Å². The first-order chi connectivity index (χ1) is 13.9. The summed E-state index contributed by atoms with van der Waals surface area (Å²) in [4.78, 5) is 28.7. The van der Waals surface area contributed by atoms with Crippen molar-refractivity contribution in [1.29, 1.82) is 0 Å². The van der Waals surface area contributed by atoms with E-state index in [1.807, 2.05) is 14.1 Å². The predicted octanol–water partition coefficient (Wildman–Crippen LogP) is 3.50. The lowest BCUT2D eigenvalue weighted by Gasteiger charge is -2.35. The van der Waals surface area contributed by atoms with Crippen molar-refractivity contribution >= 4 is 17.5 Å². The van der Waals surface area contributed by atoms with Crippen LogP contribution < -0.4 is 10.1 Å². The molecule has 0 radical (unpaired) electrons. The van der Waals surface area contributed by atoms with Gasteiger partial charge in [-0.05, 0) is 69.8 Å². The number of ether oxygens (including phenoxy) is 1. The Kier molecular flexibility index (Phi) is 6.82. The molecule has 1 aliphatic heterocycles. The van der Waals surface area contributed by atoms with Gasteiger partial charge in [0.25, 0.3) is 0 Å². The molecule has 1 N–H and O–H groups in total. The second-order valence-electron chi connectivity index (χ2n) is 7.38. The Balaban J connectivity index is 1.63. The third-order valence-electron chi connectivity index (χ3n) is 4.76. The van der Waals surface area contributed by atoms with Gasteiger partial charge >= 0.3 is 0 Å². The maximum atomic E-state index is 13.7. The maximum Gasteiger partial charge on any atom is 0.247 e. The zero-order chi connectivity index (χ0) is 20.8. The van der Waals surface area contributed by atoms with Crippen molar-refractivity contribution in [3.8, 4) is 11.5 Å². The summed E-state index contributed by atoms with van der Waals surface area (Å²) in [5.41, 5.74) is 0.599. The number of anilines is 1. The fraction of sp³-hybridized carbons (Fsp3) is 0.364. The molecule has 1 aliphatic rings. The third-order valence-corrected chi connectivity index (χ3v) is 4.76. The highest BCUT2D eigenvalue weighted by Crippen LogP contribution is 2.26. The molecule has 29 heavy (non-hydrogen) atoms. The summed E-state index contributed by atoms with van der Waals surface area (Å²) in [6.45, 7) is 0.881. The van der Waals surface area contributed by atoms with Gasteiger partial charge in [0.2, 0.25) is 11.8 Å². The molecule has 0 saturated carbocycles. The van der Waals surface area contributed by atoms with Gasteiger partial charge in [-0.25, -0.2) is 4.39 Å². The Morgan fingerprint density at radius 1 is 1.14 bits per heavy atom. The van der Waals surface area contributed by atoms with E-state index in [4.69, 9.17) is 4.74 Å². The van der Waals surface area contributed by atoms with Crippen LogP contribution in [0.5, 0.6) is 11.5 Å². The van der Waals surface area contributed by atoms with Crippen molar-refractivity contribution < 1.29 is 18.7 Å². The number of nitrogens with zero attached hydrogens (tertiary/aromatic N) is 2. The molecule has 1 saturated heterocycles. The average Bonchev–Trinajstić information content (AvgIpc) is 2.70. The Morgan fingerprint density at radius 3 is 2.55 bits per heavy atom. The molecule has 0 bridgehead atoms. The molecule has 2 aromatic rings. The van der Waals surface area contributed by atoms with Crippen molar-refractivity contribution in [3.05, 3.63) is 54.3 Å². The molecule has 1 atom stereocenters. The summed E-state index contributed by atoms with van der Waals surface area (Å²) in [5.74, 6) is -0.0668. The number of likely N-dealkylation sites (tertiary alicyclic amines) is 1. The van der Waals surface area contributed by atoms with Crippen LogP contribution in [0.2, 0.25) is 0 Å². The van der Waals surface area contributed by atoms with E-state index in [0.29, 0.717) is 24.4 Å². The lowest BCUT2D eigenvalue weighted by atomic mass is 10.0. The second-order valence-corrected chi connectivity index (χ2v) is 7.38. The minimum absolute atomic E-state index is 0.0384. The average molecular weight is 399 g/mol. The standard InChI is InChI=1S/C22H26FN3O3/c1-25(2)15-21(27)26-14-6-5-8-19(26)22(28)24-16-10-12-17(13-11-16)29-20-9-4-3-7-18(20)23/h3-4,7,9-13,19H,5-6,8,14-15H2,1-2H3,(H,24,28)/t19-/m1/s1. The quantitative estimate of drug-likeness (QED) is 0.808. The van der Waals surface area contributed by atoms with Crippen molar-refractivity contribution in [2.45, 2.75) is 25.3 Å². The van der Waals surface area contributed by atoms with Gasteiger partial charge in [0.15, 0.2) is 11.6 Å². The van der Waals surface area contributed by atoms with Crippen molar-refractivity contribution in [1.82, 2.24) is 9.80 Å². The highest BCUT2D eigenvalue weighted by Gasteiger charge is 2.32. The third kappa shape index (κ3) is 5.54. The van der Waals surface area contributed by atoms with E-state index in [9.17, 15) is 14.0 Å². The fourth-order valence-corrected chi connectivity index (χ4v) is 3.35. The molecule has 6 nitrogen and oxygen atoms in total. The first kappa shape index (κ1) is 20.8. The van der Waals surface area contributed by atoms with Crippen LogP contribution in [0, 0.1) is 5.82 Å². The zero-order valence-corrected chi connectivity index (χ0v) is 16.7. The molecule has 7 heteroatoms. The normalized spacial score (nSPS) is 16.6. The summed E-state index contributed by atoms with van der Waals surface area (Å²) in [6.07, 6.45) is 2.48. The summed E-state index contributed by atoms with van der Waals surface area (Å²) >= 11 is 0. The predicted molar refractivity (Wildman–Crippen MR) is 109 cm³/mol. The number of hydrogen-bond donors (Lipinski definition) is 1. The summed E-state index contributed by atoms with van der Waals surface area (Å²) in [6, 6.07) is 12.4. The maximum absolute atomic E-state index is 13.7.